The van der Waals surface area contributed by atoms with Gasteiger partial charge in [0.1, 0.15) is 0 Å². The molecule has 0 aliphatic rings. The van der Waals surface area contributed by atoms with Gasteiger partial charge in [0.15, 0.2) is 0 Å². The maximum absolute atomic E-state index is 10.6. The van der Waals surface area contributed by atoms with Crippen LogP contribution in [0.4, 0.5) is 0 Å². The molecule has 0 fully saturated rings. The minimum absolute atomic E-state index is 0.292. The number of carboxylic acids is 1. The normalized spacial score (nSPS) is 10.2. The molecular weight excluding hydrogens is 166 g/mol. The maximum atomic E-state index is 10.6. The number of pyridine rings is 1. The summed E-state index contributed by atoms with van der Waals surface area (Å²) in [5.74, 6) is -0.911. The van der Waals surface area contributed by atoms with E-state index >= 15 is 0 Å². The van der Waals surface area contributed by atoms with E-state index in [1.165, 1.54) is 0 Å². The van der Waals surface area contributed by atoms with E-state index in [4.69, 9.17) is 5.11 Å². The van der Waals surface area contributed by atoms with E-state index in [1.54, 1.807) is 30.6 Å². The van der Waals surface area contributed by atoms with E-state index in [0.29, 0.717) is 5.56 Å². The lowest BCUT2D eigenvalue weighted by Crippen LogP contribution is -1.95. The zero-order chi connectivity index (χ0) is 9.26. The Labute approximate surface area is 74.7 Å². The lowest BCUT2D eigenvalue weighted by atomic mass is 10.1. The molecule has 0 bridgehead atoms. The first-order chi connectivity index (χ1) is 6.27. The summed E-state index contributed by atoms with van der Waals surface area (Å²) in [4.78, 5) is 14.5. The third kappa shape index (κ3) is 1.36. The fourth-order valence-corrected chi connectivity index (χ4v) is 1.22. The van der Waals surface area contributed by atoms with E-state index in [0.717, 1.165) is 10.8 Å². The first kappa shape index (κ1) is 7.73. The molecule has 0 aliphatic carbocycles. The molecule has 0 atom stereocenters. The second-order valence-corrected chi connectivity index (χ2v) is 2.74. The molecule has 3 nitrogen and oxygen atoms in total. The Morgan fingerprint density at radius 3 is 2.85 bits per heavy atom. The van der Waals surface area contributed by atoms with Crippen LogP contribution in [0, 0.1) is 0 Å². The minimum atomic E-state index is -0.911. The van der Waals surface area contributed by atoms with Gasteiger partial charge in [0.2, 0.25) is 0 Å². The molecule has 2 aromatic rings. The van der Waals surface area contributed by atoms with Crippen molar-refractivity contribution in [3.8, 4) is 0 Å². The fraction of sp³-hybridized carbons (Fsp3) is 0. The molecule has 64 valence electrons. The van der Waals surface area contributed by atoms with Gasteiger partial charge in [-0.25, -0.2) is 4.79 Å². The third-order valence-corrected chi connectivity index (χ3v) is 1.89. The molecule has 0 saturated heterocycles. The zero-order valence-electron chi connectivity index (χ0n) is 6.77. The van der Waals surface area contributed by atoms with Gasteiger partial charge in [-0.2, -0.15) is 0 Å². The van der Waals surface area contributed by atoms with Crippen LogP contribution in [-0.2, 0) is 0 Å². The van der Waals surface area contributed by atoms with Crippen molar-refractivity contribution in [2.24, 2.45) is 0 Å². The Hall–Kier alpha value is -1.90. The highest BCUT2D eigenvalue weighted by Gasteiger charge is 2.02. The van der Waals surface area contributed by atoms with Gasteiger partial charge in [-0.1, -0.05) is 6.07 Å². The van der Waals surface area contributed by atoms with E-state index in [-0.39, 0.29) is 0 Å². The van der Waals surface area contributed by atoms with Crippen LogP contribution in [0.5, 0.6) is 0 Å². The van der Waals surface area contributed by atoms with E-state index < -0.39 is 5.97 Å². The van der Waals surface area contributed by atoms with Crippen LogP contribution in [0.3, 0.4) is 0 Å². The number of hydrogen-bond donors (Lipinski definition) is 1. The molecular formula is C10H7NO2. The van der Waals surface area contributed by atoms with Gasteiger partial charge in [-0.15, -0.1) is 0 Å². The van der Waals surface area contributed by atoms with Crippen LogP contribution in [0.2, 0.25) is 0 Å². The van der Waals surface area contributed by atoms with E-state index in [9.17, 15) is 4.79 Å². The van der Waals surface area contributed by atoms with Gasteiger partial charge in [-0.05, 0) is 23.6 Å². The standard InChI is InChI=1S/C10H7NO2/c12-10(13)8-2-1-7-3-4-11-6-9(7)5-8/h1-6H,(H,12,13). The highest BCUT2D eigenvalue weighted by atomic mass is 16.4. The number of carboxylic acid groups (broad SMARTS) is 1. The Morgan fingerprint density at radius 2 is 2.08 bits per heavy atom. The van der Waals surface area contributed by atoms with Crippen LogP contribution >= 0.6 is 0 Å². The monoisotopic (exact) mass is 173 g/mol. The number of rotatable bonds is 1. The number of fused-ring (bicyclic) bond motifs is 1. The van der Waals surface area contributed by atoms with Crippen molar-refractivity contribution in [1.82, 2.24) is 4.98 Å². The Bertz CT molecular complexity index is 465. The zero-order valence-corrected chi connectivity index (χ0v) is 6.77. The van der Waals surface area contributed by atoms with Gasteiger partial charge in [0, 0.05) is 17.8 Å². The van der Waals surface area contributed by atoms with Crippen LogP contribution in [0.25, 0.3) is 10.8 Å². The van der Waals surface area contributed by atoms with Gasteiger partial charge in [0.25, 0.3) is 0 Å². The molecule has 0 saturated carbocycles. The number of hydrogen-bond acceptors (Lipinski definition) is 2. The molecule has 0 aliphatic heterocycles. The Balaban J connectivity index is 2.69. The Morgan fingerprint density at radius 1 is 1.23 bits per heavy atom. The van der Waals surface area contributed by atoms with Gasteiger partial charge in [0.05, 0.1) is 5.56 Å². The molecule has 1 aromatic carbocycles. The summed E-state index contributed by atoms with van der Waals surface area (Å²) in [5.41, 5.74) is 0.292. The molecule has 0 amide bonds. The number of aromatic nitrogens is 1. The number of carbonyl (C=O) groups is 1. The summed E-state index contributed by atoms with van der Waals surface area (Å²) < 4.78 is 0. The van der Waals surface area contributed by atoms with Gasteiger partial charge in [-0.3, -0.25) is 4.98 Å². The lowest BCUT2D eigenvalue weighted by molar-refractivity contribution is 0.0697. The van der Waals surface area contributed by atoms with Gasteiger partial charge >= 0.3 is 5.97 Å². The van der Waals surface area contributed by atoms with Crippen LogP contribution in [-0.4, -0.2) is 16.1 Å². The van der Waals surface area contributed by atoms with Crippen molar-refractivity contribution < 1.29 is 9.90 Å². The van der Waals surface area contributed by atoms with E-state index in [1.807, 2.05) is 6.07 Å². The number of aromatic carboxylic acids is 1. The molecule has 0 spiro atoms. The van der Waals surface area contributed by atoms with Gasteiger partial charge < -0.3 is 5.11 Å². The highest BCUT2D eigenvalue weighted by molar-refractivity contribution is 5.93. The summed E-state index contributed by atoms with van der Waals surface area (Å²) in [6.07, 6.45) is 3.34. The minimum Gasteiger partial charge on any atom is -0.478 e. The third-order valence-electron chi connectivity index (χ3n) is 1.89. The molecule has 1 heterocycles. The molecule has 1 N–H and O–H groups in total. The van der Waals surface area contributed by atoms with Crippen molar-refractivity contribution in [3.05, 3.63) is 42.2 Å². The smallest absolute Gasteiger partial charge is 0.335 e. The predicted octanol–water partition coefficient (Wildman–Crippen LogP) is 1.93. The molecule has 0 radical (unpaired) electrons. The fourth-order valence-electron chi connectivity index (χ4n) is 1.22. The summed E-state index contributed by atoms with van der Waals surface area (Å²) in [6.45, 7) is 0. The van der Waals surface area contributed by atoms with Crippen molar-refractivity contribution in [3.63, 3.8) is 0 Å². The number of nitrogens with zero attached hydrogens (tertiary/aromatic N) is 1. The molecule has 1 aromatic heterocycles. The van der Waals surface area contributed by atoms with Crippen molar-refractivity contribution in [1.29, 1.82) is 0 Å². The molecule has 13 heavy (non-hydrogen) atoms. The maximum Gasteiger partial charge on any atom is 0.335 e. The first-order valence-corrected chi connectivity index (χ1v) is 3.84. The summed E-state index contributed by atoms with van der Waals surface area (Å²) in [5, 5.41) is 10.6. The van der Waals surface area contributed by atoms with Crippen molar-refractivity contribution in [2.75, 3.05) is 0 Å². The predicted molar refractivity (Wildman–Crippen MR) is 48.7 cm³/mol. The van der Waals surface area contributed by atoms with E-state index in [2.05, 4.69) is 4.98 Å². The summed E-state index contributed by atoms with van der Waals surface area (Å²) >= 11 is 0. The Kier molecular flexibility index (Phi) is 1.70. The summed E-state index contributed by atoms with van der Waals surface area (Å²) in [6, 6.07) is 6.83. The van der Waals surface area contributed by atoms with Crippen molar-refractivity contribution >= 4 is 16.7 Å². The topological polar surface area (TPSA) is 50.2 Å². The molecule has 3 heteroatoms. The second-order valence-electron chi connectivity index (χ2n) is 2.74. The molecule has 2 rings (SSSR count). The quantitative estimate of drug-likeness (QED) is 0.716. The van der Waals surface area contributed by atoms with Crippen molar-refractivity contribution in [2.45, 2.75) is 0 Å². The first-order valence-electron chi connectivity index (χ1n) is 3.84. The second kappa shape index (κ2) is 2.86. The average Bonchev–Trinajstić information content (AvgIpc) is 2.17. The SMILES string of the molecule is O=C(O)c1ccc2ccncc2c1. The largest absolute Gasteiger partial charge is 0.478 e. The van der Waals surface area contributed by atoms with Crippen LogP contribution in [0.1, 0.15) is 10.4 Å². The van der Waals surface area contributed by atoms with Crippen LogP contribution in [0.15, 0.2) is 36.7 Å². The highest BCUT2D eigenvalue weighted by Crippen LogP contribution is 2.13. The summed E-state index contributed by atoms with van der Waals surface area (Å²) in [7, 11) is 0. The average molecular weight is 173 g/mol. The number of benzene rings is 1. The molecule has 0 unspecified atom stereocenters. The lowest BCUT2D eigenvalue weighted by Gasteiger charge is -1.97. The van der Waals surface area contributed by atoms with Crippen LogP contribution < -0.4 is 0 Å².